The minimum absolute atomic E-state index is 0.0843. The summed E-state index contributed by atoms with van der Waals surface area (Å²) < 4.78 is 26.9. The Morgan fingerprint density at radius 1 is 0.926 bits per heavy atom. The Morgan fingerprint density at radius 3 is 1.96 bits per heavy atom. The normalized spacial score (nSPS) is 13.0. The molecule has 0 radical (unpaired) electrons. The summed E-state index contributed by atoms with van der Waals surface area (Å²) in [6, 6.07) is 13.2. The molecule has 2 aromatic rings. The minimum atomic E-state index is -3.56. The molecule has 0 saturated heterocycles. The number of carbonyl (C=O) groups excluding carboxylic acids is 1. The fourth-order valence-electron chi connectivity index (χ4n) is 2.82. The van der Waals surface area contributed by atoms with Crippen molar-refractivity contribution in [2.75, 3.05) is 5.32 Å². The average Bonchev–Trinajstić information content (AvgIpc) is 2.56. The number of benzene rings is 2. The highest BCUT2D eigenvalue weighted by Gasteiger charge is 2.24. The molecule has 27 heavy (non-hydrogen) atoms. The second-order valence-electron chi connectivity index (χ2n) is 7.06. The van der Waals surface area contributed by atoms with Gasteiger partial charge in [-0.1, -0.05) is 37.6 Å². The molecule has 1 amide bonds. The molecule has 0 bridgehead atoms. The summed E-state index contributed by atoms with van der Waals surface area (Å²) in [7, 11) is -3.56. The van der Waals surface area contributed by atoms with Gasteiger partial charge in [-0.15, -0.1) is 0 Å². The van der Waals surface area contributed by atoms with E-state index in [1.54, 1.807) is 38.1 Å². The first-order valence-corrected chi connectivity index (χ1v) is 10.6. The smallest absolute Gasteiger partial charge is 0.240 e. The summed E-state index contributed by atoms with van der Waals surface area (Å²) in [4.78, 5) is 13.0. The van der Waals surface area contributed by atoms with Crippen molar-refractivity contribution in [2.24, 2.45) is 5.92 Å². The van der Waals surface area contributed by atoms with E-state index in [1.807, 2.05) is 26.0 Å². The number of amides is 1. The topological polar surface area (TPSA) is 75.3 Å². The summed E-state index contributed by atoms with van der Waals surface area (Å²) in [6.45, 7) is 7.47. The molecular weight excluding hydrogens is 384 g/mol. The van der Waals surface area contributed by atoms with Gasteiger partial charge < -0.3 is 5.32 Å². The highest BCUT2D eigenvalue weighted by molar-refractivity contribution is 7.89. The highest BCUT2D eigenvalue weighted by Crippen LogP contribution is 2.27. The Hall–Kier alpha value is -1.89. The van der Waals surface area contributed by atoms with Gasteiger partial charge in [0, 0.05) is 16.8 Å². The van der Waals surface area contributed by atoms with E-state index in [2.05, 4.69) is 10.0 Å². The van der Waals surface area contributed by atoms with Gasteiger partial charge in [-0.2, -0.15) is 0 Å². The first-order valence-electron chi connectivity index (χ1n) is 8.79. The van der Waals surface area contributed by atoms with Gasteiger partial charge in [-0.3, -0.25) is 4.79 Å². The zero-order valence-corrected chi connectivity index (χ0v) is 17.4. The van der Waals surface area contributed by atoms with Crippen LogP contribution in [0.15, 0.2) is 53.4 Å². The predicted octanol–water partition coefficient (Wildman–Crippen LogP) is 4.41. The van der Waals surface area contributed by atoms with Crippen molar-refractivity contribution >= 4 is 33.2 Å². The van der Waals surface area contributed by atoms with E-state index in [0.717, 1.165) is 5.56 Å². The number of carbonyl (C=O) groups is 1. The van der Waals surface area contributed by atoms with E-state index in [4.69, 9.17) is 11.6 Å². The van der Waals surface area contributed by atoms with Gasteiger partial charge in [0.05, 0.1) is 10.8 Å². The third-order valence-corrected chi connectivity index (χ3v) is 5.93. The van der Waals surface area contributed by atoms with E-state index >= 15 is 0 Å². The van der Waals surface area contributed by atoms with Crippen LogP contribution in [0.5, 0.6) is 0 Å². The molecule has 0 aliphatic heterocycles. The zero-order valence-electron chi connectivity index (χ0n) is 15.9. The molecule has 1 atom stereocenters. The molecule has 0 aliphatic carbocycles. The van der Waals surface area contributed by atoms with Gasteiger partial charge in [0.25, 0.3) is 0 Å². The summed E-state index contributed by atoms with van der Waals surface area (Å²) in [5, 5.41) is 3.49. The van der Waals surface area contributed by atoms with Crippen LogP contribution >= 0.6 is 11.6 Å². The van der Waals surface area contributed by atoms with Crippen LogP contribution in [0.1, 0.15) is 39.2 Å². The van der Waals surface area contributed by atoms with Crippen molar-refractivity contribution in [3.8, 4) is 0 Å². The molecule has 2 aromatic carbocycles. The predicted molar refractivity (Wildman–Crippen MR) is 110 cm³/mol. The lowest BCUT2D eigenvalue weighted by Gasteiger charge is -2.21. The quantitative estimate of drug-likeness (QED) is 0.712. The standard InChI is InChI=1S/C20H25ClN2O3S/c1-13(2)19(15-5-7-16(21)8-6-15)20(24)22-17-9-11-18(12-10-17)27(25,26)23-14(3)4/h5-14,19,23H,1-4H3,(H,22,24)/t19-/m0/s1. The Morgan fingerprint density at radius 2 is 1.48 bits per heavy atom. The van der Waals surface area contributed by atoms with Crippen molar-refractivity contribution in [2.45, 2.75) is 44.6 Å². The molecule has 0 heterocycles. The number of hydrogen-bond acceptors (Lipinski definition) is 3. The molecule has 0 aromatic heterocycles. The van der Waals surface area contributed by atoms with Crippen LogP contribution in [0.25, 0.3) is 0 Å². The Bertz CT molecular complexity index is 876. The van der Waals surface area contributed by atoms with Gasteiger partial charge in [-0.25, -0.2) is 13.1 Å². The number of anilines is 1. The molecule has 0 unspecified atom stereocenters. The number of hydrogen-bond donors (Lipinski definition) is 2. The van der Waals surface area contributed by atoms with Crippen LogP contribution in [0.2, 0.25) is 5.02 Å². The van der Waals surface area contributed by atoms with Crippen LogP contribution in [-0.2, 0) is 14.8 Å². The fraction of sp³-hybridized carbons (Fsp3) is 0.350. The molecule has 5 nitrogen and oxygen atoms in total. The van der Waals surface area contributed by atoms with E-state index in [1.165, 1.54) is 12.1 Å². The Kier molecular flexibility index (Phi) is 7.03. The van der Waals surface area contributed by atoms with Gasteiger partial charge in [-0.05, 0) is 61.7 Å². The Labute approximate surface area is 166 Å². The molecule has 0 spiro atoms. The number of sulfonamides is 1. The van der Waals surface area contributed by atoms with Crippen molar-refractivity contribution in [3.05, 3.63) is 59.1 Å². The fourth-order valence-corrected chi connectivity index (χ4v) is 4.20. The average molecular weight is 409 g/mol. The molecule has 0 fully saturated rings. The summed E-state index contributed by atoms with van der Waals surface area (Å²) in [5.41, 5.74) is 1.43. The lowest BCUT2D eigenvalue weighted by molar-refractivity contribution is -0.118. The van der Waals surface area contributed by atoms with E-state index in [0.29, 0.717) is 10.7 Å². The van der Waals surface area contributed by atoms with Crippen molar-refractivity contribution in [1.82, 2.24) is 4.72 Å². The minimum Gasteiger partial charge on any atom is -0.326 e. The number of halogens is 1. The number of rotatable bonds is 7. The first-order chi connectivity index (χ1) is 12.6. The lowest BCUT2D eigenvalue weighted by Crippen LogP contribution is -2.30. The highest BCUT2D eigenvalue weighted by atomic mass is 35.5. The lowest BCUT2D eigenvalue weighted by atomic mass is 9.87. The van der Waals surface area contributed by atoms with Gasteiger partial charge in [0.2, 0.25) is 15.9 Å². The van der Waals surface area contributed by atoms with Crippen LogP contribution in [-0.4, -0.2) is 20.4 Å². The van der Waals surface area contributed by atoms with Gasteiger partial charge in [0.1, 0.15) is 0 Å². The molecule has 0 saturated carbocycles. The summed E-state index contributed by atoms with van der Waals surface area (Å²) in [6.07, 6.45) is 0. The van der Waals surface area contributed by atoms with E-state index in [-0.39, 0.29) is 28.7 Å². The molecule has 0 aliphatic rings. The molecule has 2 N–H and O–H groups in total. The molecular formula is C20H25ClN2O3S. The Balaban J connectivity index is 2.17. The maximum atomic E-state index is 12.8. The second-order valence-corrected chi connectivity index (χ2v) is 9.21. The maximum absolute atomic E-state index is 12.8. The first kappa shape index (κ1) is 21.4. The van der Waals surface area contributed by atoms with Crippen molar-refractivity contribution in [3.63, 3.8) is 0 Å². The van der Waals surface area contributed by atoms with Crippen LogP contribution < -0.4 is 10.0 Å². The maximum Gasteiger partial charge on any atom is 0.240 e. The third-order valence-electron chi connectivity index (χ3n) is 4.00. The third kappa shape index (κ3) is 5.79. The van der Waals surface area contributed by atoms with Crippen LogP contribution in [0.3, 0.4) is 0 Å². The second kappa shape index (κ2) is 8.87. The van der Waals surface area contributed by atoms with Crippen molar-refractivity contribution in [1.29, 1.82) is 0 Å². The molecule has 7 heteroatoms. The van der Waals surface area contributed by atoms with Gasteiger partial charge in [0.15, 0.2) is 0 Å². The zero-order chi connectivity index (χ0) is 20.2. The van der Waals surface area contributed by atoms with E-state index in [9.17, 15) is 13.2 Å². The van der Waals surface area contributed by atoms with Crippen LogP contribution in [0.4, 0.5) is 5.69 Å². The summed E-state index contributed by atoms with van der Waals surface area (Å²) in [5.74, 6) is -0.405. The molecule has 2 rings (SSSR count). The van der Waals surface area contributed by atoms with Gasteiger partial charge >= 0.3 is 0 Å². The van der Waals surface area contributed by atoms with E-state index < -0.39 is 10.0 Å². The number of nitrogens with one attached hydrogen (secondary N) is 2. The largest absolute Gasteiger partial charge is 0.326 e. The SMILES string of the molecule is CC(C)NS(=O)(=O)c1ccc(NC(=O)[C@H](c2ccc(Cl)cc2)C(C)C)cc1. The summed E-state index contributed by atoms with van der Waals surface area (Å²) >= 11 is 5.93. The van der Waals surface area contributed by atoms with Crippen LogP contribution in [0, 0.1) is 5.92 Å². The molecule has 146 valence electrons. The monoisotopic (exact) mass is 408 g/mol. The van der Waals surface area contributed by atoms with Crippen molar-refractivity contribution < 1.29 is 13.2 Å².